The molecule has 0 aliphatic rings. The predicted molar refractivity (Wildman–Crippen MR) is 434 cm³/mol. The van der Waals surface area contributed by atoms with Crippen molar-refractivity contribution < 1.29 is 29.3 Å². The maximum Gasteiger partial charge on any atom is 0.358 e. The number of esters is 1. The van der Waals surface area contributed by atoms with Crippen molar-refractivity contribution >= 4 is 58.9 Å². The molecule has 564 valence electrons. The molecule has 15 rings (SSSR count). The van der Waals surface area contributed by atoms with Crippen LogP contribution in [0.25, 0.3) is 89.1 Å². The van der Waals surface area contributed by atoms with Gasteiger partial charge < -0.3 is 29.9 Å². The van der Waals surface area contributed by atoms with Crippen molar-refractivity contribution in [2.75, 3.05) is 0 Å². The van der Waals surface area contributed by atoms with Gasteiger partial charge in [-0.1, -0.05) is 251 Å². The molecule has 0 fully saturated rings. The zero-order valence-corrected chi connectivity index (χ0v) is 63.1. The van der Waals surface area contributed by atoms with E-state index in [0.717, 1.165) is 61.4 Å². The number of aryl methyl sites for hydroxylation is 1. The summed E-state index contributed by atoms with van der Waals surface area (Å²) < 4.78 is 9.54. The Morgan fingerprint density at radius 1 is 0.443 bits per heavy atom. The average molecular weight is 1580 g/mol. The molecule has 9 aromatic carbocycles. The molecule has 0 atom stereocenters. The molecule has 27 nitrogen and oxygen atoms in total. The van der Waals surface area contributed by atoms with Gasteiger partial charge in [0.1, 0.15) is 35.6 Å². The fourth-order valence-corrected chi connectivity index (χ4v) is 13.9. The van der Waals surface area contributed by atoms with Crippen LogP contribution in [0.15, 0.2) is 285 Å². The number of carbonyl (C=O) groups excluding carboxylic acids is 1. The minimum atomic E-state index is -1.14. The summed E-state index contributed by atoms with van der Waals surface area (Å²) in [7, 11) is 0. The molecule has 6 heterocycles. The highest BCUT2D eigenvalue weighted by Crippen LogP contribution is 2.33. The van der Waals surface area contributed by atoms with E-state index in [-0.39, 0.29) is 41.5 Å². The number of rotatable bonds is 24. The summed E-state index contributed by atoms with van der Waals surface area (Å²) in [6.45, 7) is 8.93. The van der Waals surface area contributed by atoms with Gasteiger partial charge in [0.2, 0.25) is 0 Å². The van der Waals surface area contributed by atoms with Crippen molar-refractivity contribution in [3.63, 3.8) is 0 Å². The van der Waals surface area contributed by atoms with E-state index >= 15 is 0 Å². The number of hydrogen-bond donors (Lipinski definition) is 5. The number of carboxylic acid groups (broad SMARTS) is 2. The number of H-pyrrole nitrogens is 3. The molecular formula is C85H62N18O9S3. The van der Waals surface area contributed by atoms with Crippen LogP contribution in [0, 0.1) is 29.2 Å². The Labute approximate surface area is 667 Å². The van der Waals surface area contributed by atoms with Crippen molar-refractivity contribution in [2.24, 2.45) is 0 Å². The number of nitrogens with one attached hydrogen (secondary N) is 3. The van der Waals surface area contributed by atoms with Crippen molar-refractivity contribution in [2.45, 2.75) is 59.1 Å². The molecule has 115 heavy (non-hydrogen) atoms. The Balaban J connectivity index is 0.000000150. The molecule has 0 unspecified atom stereocenters. The number of aromatic amines is 3. The second-order valence-corrected chi connectivity index (χ2v) is 28.0. The minimum absolute atomic E-state index is 0.00103. The second-order valence-electron chi connectivity index (χ2n) is 25.1. The number of benzene rings is 9. The van der Waals surface area contributed by atoms with E-state index in [1.54, 1.807) is 33.9 Å². The maximum atomic E-state index is 12.7. The Morgan fingerprint density at radius 3 is 1.15 bits per heavy atom. The number of carboxylic acids is 2. The third kappa shape index (κ3) is 20.1. The Hall–Kier alpha value is -15.0. The van der Waals surface area contributed by atoms with E-state index < -0.39 is 28.6 Å². The van der Waals surface area contributed by atoms with Crippen LogP contribution in [0.2, 0.25) is 0 Å². The molecule has 15 aromatic rings. The normalized spacial score (nSPS) is 10.7. The summed E-state index contributed by atoms with van der Waals surface area (Å²) in [4.78, 5) is 96.1. The minimum Gasteiger partial charge on any atom is -0.481 e. The lowest BCUT2D eigenvalue weighted by Gasteiger charge is -2.09. The highest BCUT2D eigenvalue weighted by atomic mass is 32.2. The van der Waals surface area contributed by atoms with Gasteiger partial charge >= 0.3 is 17.9 Å². The molecule has 30 heteroatoms. The molecule has 6 aromatic heterocycles. The first-order chi connectivity index (χ1) is 56.0. The summed E-state index contributed by atoms with van der Waals surface area (Å²) in [5.41, 5.74) is 14.2. The highest BCUT2D eigenvalue weighted by molar-refractivity contribution is 7.98. The number of nitrogens with zero attached hydrogens (tertiary/aromatic N) is 15. The molecule has 0 radical (unpaired) electrons. The van der Waals surface area contributed by atoms with E-state index in [0.29, 0.717) is 90.0 Å². The molecule has 0 aliphatic heterocycles. The van der Waals surface area contributed by atoms with Crippen molar-refractivity contribution in [3.05, 3.63) is 343 Å². The maximum absolute atomic E-state index is 12.7. The van der Waals surface area contributed by atoms with E-state index in [9.17, 15) is 39.3 Å². The zero-order valence-electron chi connectivity index (χ0n) is 60.7. The third-order valence-corrected chi connectivity index (χ3v) is 20.2. The summed E-state index contributed by atoms with van der Waals surface area (Å²) in [6, 6.07) is 79.4. The second kappa shape index (κ2) is 37.1. The van der Waals surface area contributed by atoms with E-state index in [2.05, 4.69) is 65.7 Å². The van der Waals surface area contributed by atoms with Gasteiger partial charge in [-0.2, -0.15) is 10.5 Å². The van der Waals surface area contributed by atoms with Gasteiger partial charge in [0.25, 0.3) is 22.4 Å². The molecule has 5 N–H and O–H groups in total. The van der Waals surface area contributed by atoms with Gasteiger partial charge in [-0.25, -0.2) is 38.6 Å². The van der Waals surface area contributed by atoms with Gasteiger partial charge in [-0.05, 0) is 92.0 Å². The summed E-state index contributed by atoms with van der Waals surface area (Å²) in [6.07, 6.45) is 5.08. The largest absolute Gasteiger partial charge is 0.481 e. The summed E-state index contributed by atoms with van der Waals surface area (Å²) >= 11 is 4.08. The number of carbonyl (C=O) groups is 3. The Kier molecular flexibility index (Phi) is 25.2. The monoisotopic (exact) mass is 1570 g/mol. The number of aliphatic carboxylic acids is 1. The fourth-order valence-electron chi connectivity index (χ4n) is 11.5. The molecule has 0 spiro atoms. The number of nitriles is 2. The lowest BCUT2D eigenvalue weighted by molar-refractivity contribution is -0.142. The molecule has 0 saturated heterocycles. The quantitative estimate of drug-likeness (QED) is 0.0162. The van der Waals surface area contributed by atoms with Crippen LogP contribution in [0.1, 0.15) is 63.0 Å². The van der Waals surface area contributed by atoms with Gasteiger partial charge in [-0.3, -0.25) is 24.0 Å². The first-order valence-corrected chi connectivity index (χ1v) is 38.0. The van der Waals surface area contributed by atoms with Crippen molar-refractivity contribution in [3.8, 4) is 96.4 Å². The van der Waals surface area contributed by atoms with Crippen LogP contribution in [0.3, 0.4) is 0 Å². The molecule has 0 amide bonds. The van der Waals surface area contributed by atoms with Crippen LogP contribution >= 0.6 is 35.3 Å². The van der Waals surface area contributed by atoms with Crippen molar-refractivity contribution in [1.29, 1.82) is 10.5 Å². The van der Waals surface area contributed by atoms with Gasteiger partial charge in [0.05, 0.1) is 71.4 Å². The Bertz CT molecular complexity index is 6050. The van der Waals surface area contributed by atoms with Gasteiger partial charge in [0.15, 0.2) is 21.2 Å². The van der Waals surface area contributed by atoms with E-state index in [4.69, 9.17) is 21.5 Å². The number of aromatic nitrogens is 15. The Morgan fingerprint density at radius 2 is 0.783 bits per heavy atom. The fraction of sp³-hybridized carbons (Fsp3) is 0.0824. The SMILES string of the molecule is N#Cc1c(-c2ccc(-c3ccccc3)cc2)nc(SCc2ccc(-n3cc(C(=O)O)nn3)cc2)[nH]c1=O.N#Cc1c(-c2ccc(-c3ccccc3)cc2)nc(SCc2ccc(-n3cc(CCC(=O)O)nn3)cc2)[nH]c1=O.[C-]#[N+]c1c(-c2ccc(-c3ccccc3)cc2)nc(SCc2ccc(-n3cc(COC(C)=O)nn3)cc2)[nH]c1=O. The number of ether oxygens (including phenoxy) is 1. The first kappa shape index (κ1) is 78.1. The van der Waals surface area contributed by atoms with Crippen LogP contribution in [0.4, 0.5) is 5.69 Å². The number of hydrogen-bond acceptors (Lipinski definition) is 21. The standard InChI is InChI=1S/2C29H22N6O3S.C27H18N6O3S/c1-19(36)38-17-24-16-35(34-33-24)25-14-8-20(9-15-25)18-39-29-31-26(27(30-2)28(37)32-29)23-12-10-22(11-13-23)21-6-4-3-5-7-21;30-16-25-27(22-10-8-21(9-11-22)20-4-2-1-3-5-20)31-29(32-28(25)38)39-18-19-6-13-24(14-7-19)35-17-23(33-34-35)12-15-26(36)37;28-14-22-24(20-10-8-19(9-11-20)18-4-2-1-3-5-18)29-27(30-25(22)34)37-16-17-6-12-21(13-7-17)33-15-23(26(35)36)31-32-33/h3-16H,17-18H2,1H3,(H,31,32,37);1-11,13-14,17H,12,15,18H2,(H,36,37)(H,31,32,38);1-13,15H,16H2,(H,35,36)(H,29,30,34). The first-order valence-electron chi connectivity index (χ1n) is 35.1. The molecule has 0 bridgehead atoms. The van der Waals surface area contributed by atoms with Crippen LogP contribution in [-0.2, 0) is 44.6 Å². The molecular weight excluding hydrogens is 1510 g/mol. The molecule has 0 saturated carbocycles. The lowest BCUT2D eigenvalue weighted by atomic mass is 10.0. The summed E-state index contributed by atoms with van der Waals surface area (Å²) in [5.74, 6) is -0.782. The average Bonchev–Trinajstić information content (AvgIpc) is 1.71. The lowest BCUT2D eigenvalue weighted by Crippen LogP contribution is -2.14. The van der Waals surface area contributed by atoms with Crippen LogP contribution in [-0.4, -0.2) is 103 Å². The van der Waals surface area contributed by atoms with E-state index in [1.165, 1.54) is 53.1 Å². The zero-order chi connectivity index (χ0) is 80.2. The topological polar surface area (TPSA) is 382 Å². The van der Waals surface area contributed by atoms with Crippen molar-refractivity contribution in [1.82, 2.24) is 74.9 Å². The van der Waals surface area contributed by atoms with Gasteiger partial charge in [-0.15, -0.1) is 15.3 Å². The van der Waals surface area contributed by atoms with E-state index in [1.807, 2.05) is 237 Å². The third-order valence-electron chi connectivity index (χ3n) is 17.3. The van der Waals surface area contributed by atoms with Gasteiger partial charge in [0, 0.05) is 41.7 Å². The van der Waals surface area contributed by atoms with Crippen LogP contribution in [0.5, 0.6) is 0 Å². The number of thioether (sulfide) groups is 3. The summed E-state index contributed by atoms with van der Waals surface area (Å²) in [5, 5.41) is 61.9. The predicted octanol–water partition coefficient (Wildman–Crippen LogP) is 15.0. The highest BCUT2D eigenvalue weighted by Gasteiger charge is 2.20. The smallest absolute Gasteiger partial charge is 0.358 e. The molecule has 0 aliphatic carbocycles. The number of aromatic carboxylic acids is 1. The van der Waals surface area contributed by atoms with Crippen LogP contribution < -0.4 is 16.7 Å².